The Balaban J connectivity index is 2.15. The van der Waals surface area contributed by atoms with E-state index in [1.54, 1.807) is 12.5 Å². The number of carboxylic acids is 1. The van der Waals surface area contributed by atoms with Gasteiger partial charge in [-0.25, -0.2) is 0 Å². The SMILES string of the molecule is CN(Cc1ccoc1)C(CC(=O)O)c1ccccc1. The van der Waals surface area contributed by atoms with Crippen molar-refractivity contribution in [1.29, 1.82) is 0 Å². The van der Waals surface area contributed by atoms with Crippen LogP contribution >= 0.6 is 0 Å². The molecule has 19 heavy (non-hydrogen) atoms. The highest BCUT2D eigenvalue weighted by Crippen LogP contribution is 2.24. The van der Waals surface area contributed by atoms with Crippen LogP contribution in [0.4, 0.5) is 0 Å². The van der Waals surface area contributed by atoms with Gasteiger partial charge in [0, 0.05) is 18.2 Å². The summed E-state index contributed by atoms with van der Waals surface area (Å²) in [6.45, 7) is 0.656. The number of furan rings is 1. The lowest BCUT2D eigenvalue weighted by atomic mass is 10.0. The Morgan fingerprint density at radius 2 is 2.05 bits per heavy atom. The van der Waals surface area contributed by atoms with Crippen molar-refractivity contribution in [1.82, 2.24) is 4.90 Å². The fraction of sp³-hybridized carbons (Fsp3) is 0.267. The van der Waals surface area contributed by atoms with E-state index in [2.05, 4.69) is 0 Å². The molecule has 0 amide bonds. The van der Waals surface area contributed by atoms with E-state index in [9.17, 15) is 4.79 Å². The second-order valence-electron chi connectivity index (χ2n) is 4.57. The van der Waals surface area contributed by atoms with Crippen molar-refractivity contribution in [3.8, 4) is 0 Å². The maximum absolute atomic E-state index is 11.0. The molecule has 0 aliphatic heterocycles. The lowest BCUT2D eigenvalue weighted by Gasteiger charge is -2.26. The molecule has 0 saturated carbocycles. The van der Waals surface area contributed by atoms with Crippen LogP contribution in [0.15, 0.2) is 53.3 Å². The van der Waals surface area contributed by atoms with Crippen LogP contribution in [0.25, 0.3) is 0 Å². The van der Waals surface area contributed by atoms with Crippen molar-refractivity contribution in [2.75, 3.05) is 7.05 Å². The van der Waals surface area contributed by atoms with Crippen molar-refractivity contribution in [2.24, 2.45) is 0 Å². The summed E-state index contributed by atoms with van der Waals surface area (Å²) in [5.74, 6) is -0.798. The van der Waals surface area contributed by atoms with E-state index in [0.29, 0.717) is 6.54 Å². The lowest BCUT2D eigenvalue weighted by molar-refractivity contribution is -0.138. The van der Waals surface area contributed by atoms with Crippen LogP contribution < -0.4 is 0 Å². The van der Waals surface area contributed by atoms with Gasteiger partial charge in [-0.05, 0) is 18.7 Å². The fourth-order valence-corrected chi connectivity index (χ4v) is 2.15. The average Bonchev–Trinajstić information content (AvgIpc) is 2.89. The first-order valence-electron chi connectivity index (χ1n) is 6.15. The summed E-state index contributed by atoms with van der Waals surface area (Å²) in [4.78, 5) is 13.1. The zero-order valence-corrected chi connectivity index (χ0v) is 10.8. The van der Waals surface area contributed by atoms with Gasteiger partial charge >= 0.3 is 5.97 Å². The van der Waals surface area contributed by atoms with Gasteiger partial charge in [-0.3, -0.25) is 9.69 Å². The molecule has 0 aliphatic rings. The number of carbonyl (C=O) groups is 1. The monoisotopic (exact) mass is 259 g/mol. The van der Waals surface area contributed by atoms with Crippen LogP contribution in [0.3, 0.4) is 0 Å². The van der Waals surface area contributed by atoms with Gasteiger partial charge in [0.25, 0.3) is 0 Å². The molecule has 1 unspecified atom stereocenters. The summed E-state index contributed by atoms with van der Waals surface area (Å²) in [5.41, 5.74) is 2.05. The third-order valence-electron chi connectivity index (χ3n) is 3.10. The molecule has 100 valence electrons. The quantitative estimate of drug-likeness (QED) is 0.866. The fourth-order valence-electron chi connectivity index (χ4n) is 2.15. The van der Waals surface area contributed by atoms with E-state index in [1.165, 1.54) is 0 Å². The van der Waals surface area contributed by atoms with Crippen molar-refractivity contribution < 1.29 is 14.3 Å². The van der Waals surface area contributed by atoms with Crippen molar-refractivity contribution in [2.45, 2.75) is 19.0 Å². The first kappa shape index (κ1) is 13.4. The Morgan fingerprint density at radius 3 is 2.63 bits per heavy atom. The standard InChI is InChI=1S/C15H17NO3/c1-16(10-12-7-8-19-11-12)14(9-15(17)18)13-5-3-2-4-6-13/h2-8,11,14H,9-10H2,1H3,(H,17,18). The molecule has 1 heterocycles. The topological polar surface area (TPSA) is 53.7 Å². The number of hydrogen-bond acceptors (Lipinski definition) is 3. The van der Waals surface area contributed by atoms with Crippen LogP contribution in [0.5, 0.6) is 0 Å². The second-order valence-corrected chi connectivity index (χ2v) is 4.57. The van der Waals surface area contributed by atoms with Crippen LogP contribution in [0.1, 0.15) is 23.6 Å². The van der Waals surface area contributed by atoms with Gasteiger partial charge in [0.05, 0.1) is 18.9 Å². The summed E-state index contributed by atoms with van der Waals surface area (Å²) in [6, 6.07) is 11.4. The third-order valence-corrected chi connectivity index (χ3v) is 3.10. The van der Waals surface area contributed by atoms with E-state index in [0.717, 1.165) is 11.1 Å². The maximum atomic E-state index is 11.0. The number of hydrogen-bond donors (Lipinski definition) is 1. The number of rotatable bonds is 6. The summed E-state index contributed by atoms with van der Waals surface area (Å²) in [5, 5.41) is 9.08. The molecule has 0 fully saturated rings. The van der Waals surface area contributed by atoms with Gasteiger partial charge in [0.15, 0.2) is 0 Å². The number of nitrogens with zero attached hydrogens (tertiary/aromatic N) is 1. The molecule has 0 aliphatic carbocycles. The molecular formula is C15H17NO3. The minimum absolute atomic E-state index is 0.0817. The molecule has 2 aromatic rings. The number of aliphatic carboxylic acids is 1. The zero-order valence-electron chi connectivity index (χ0n) is 10.8. The average molecular weight is 259 g/mol. The predicted molar refractivity (Wildman–Crippen MR) is 71.6 cm³/mol. The Hall–Kier alpha value is -2.07. The van der Waals surface area contributed by atoms with Crippen LogP contribution in [-0.2, 0) is 11.3 Å². The first-order chi connectivity index (χ1) is 9.16. The Kier molecular flexibility index (Phi) is 4.36. The minimum atomic E-state index is -0.798. The third kappa shape index (κ3) is 3.69. The van der Waals surface area contributed by atoms with Gasteiger partial charge in [-0.15, -0.1) is 0 Å². The van der Waals surface area contributed by atoms with Gasteiger partial charge in [0.2, 0.25) is 0 Å². The molecule has 0 bridgehead atoms. The largest absolute Gasteiger partial charge is 0.481 e. The highest BCUT2D eigenvalue weighted by Gasteiger charge is 2.20. The molecule has 1 aromatic heterocycles. The molecule has 1 N–H and O–H groups in total. The molecule has 2 rings (SSSR count). The lowest BCUT2D eigenvalue weighted by Crippen LogP contribution is -2.26. The Bertz CT molecular complexity index is 507. The van der Waals surface area contributed by atoms with E-state index in [-0.39, 0.29) is 12.5 Å². The van der Waals surface area contributed by atoms with Crippen molar-refractivity contribution in [3.05, 3.63) is 60.1 Å². The molecule has 0 spiro atoms. The van der Waals surface area contributed by atoms with Crippen molar-refractivity contribution in [3.63, 3.8) is 0 Å². The molecule has 0 radical (unpaired) electrons. The Morgan fingerprint density at radius 1 is 1.32 bits per heavy atom. The van der Waals surface area contributed by atoms with Crippen LogP contribution in [0, 0.1) is 0 Å². The zero-order chi connectivity index (χ0) is 13.7. The highest BCUT2D eigenvalue weighted by atomic mass is 16.4. The minimum Gasteiger partial charge on any atom is -0.481 e. The summed E-state index contributed by atoms with van der Waals surface area (Å²) in [6.07, 6.45) is 3.38. The molecule has 4 nitrogen and oxygen atoms in total. The van der Waals surface area contributed by atoms with E-state index in [4.69, 9.17) is 9.52 Å². The summed E-state index contributed by atoms with van der Waals surface area (Å²) in [7, 11) is 1.92. The smallest absolute Gasteiger partial charge is 0.305 e. The van der Waals surface area contributed by atoms with Gasteiger partial charge < -0.3 is 9.52 Å². The van der Waals surface area contributed by atoms with Gasteiger partial charge in [-0.2, -0.15) is 0 Å². The van der Waals surface area contributed by atoms with Crippen molar-refractivity contribution >= 4 is 5.97 Å². The second kappa shape index (κ2) is 6.20. The van der Waals surface area contributed by atoms with Crippen LogP contribution in [0.2, 0.25) is 0 Å². The molecule has 1 atom stereocenters. The van der Waals surface area contributed by atoms with Gasteiger partial charge in [-0.1, -0.05) is 30.3 Å². The van der Waals surface area contributed by atoms with E-state index in [1.807, 2.05) is 48.3 Å². The predicted octanol–water partition coefficient (Wildman–Crippen LogP) is 2.93. The van der Waals surface area contributed by atoms with E-state index < -0.39 is 5.97 Å². The summed E-state index contributed by atoms with van der Waals surface area (Å²) < 4.78 is 5.04. The molecule has 4 heteroatoms. The first-order valence-corrected chi connectivity index (χ1v) is 6.15. The Labute approximate surface area is 112 Å². The molecule has 0 saturated heterocycles. The normalized spacial score (nSPS) is 12.5. The van der Waals surface area contributed by atoms with Gasteiger partial charge in [0.1, 0.15) is 0 Å². The summed E-state index contributed by atoms with van der Waals surface area (Å²) >= 11 is 0. The van der Waals surface area contributed by atoms with E-state index >= 15 is 0 Å². The maximum Gasteiger partial charge on any atom is 0.305 e. The van der Waals surface area contributed by atoms with Crippen LogP contribution in [-0.4, -0.2) is 23.0 Å². The molecule has 1 aromatic carbocycles. The number of carboxylic acid groups (broad SMARTS) is 1. The molecular weight excluding hydrogens is 242 g/mol. The highest BCUT2D eigenvalue weighted by molar-refractivity contribution is 5.67. The number of benzene rings is 1.